The van der Waals surface area contributed by atoms with E-state index in [1.807, 2.05) is 25.1 Å². The van der Waals surface area contributed by atoms with Crippen LogP contribution in [-0.2, 0) is 9.53 Å². The van der Waals surface area contributed by atoms with Gasteiger partial charge in [-0.1, -0.05) is 17.7 Å². The maximum absolute atomic E-state index is 12.3. The van der Waals surface area contributed by atoms with Gasteiger partial charge >= 0.3 is 5.97 Å². The van der Waals surface area contributed by atoms with E-state index < -0.39 is 5.97 Å². The Hall–Kier alpha value is -2.60. The van der Waals surface area contributed by atoms with Gasteiger partial charge in [-0.05, 0) is 36.8 Å². The number of hydrogen-bond acceptors (Lipinski definition) is 5. The van der Waals surface area contributed by atoms with E-state index in [2.05, 4.69) is 9.88 Å². The lowest BCUT2D eigenvalue weighted by Crippen LogP contribution is -2.50. The van der Waals surface area contributed by atoms with Crippen molar-refractivity contribution in [2.24, 2.45) is 0 Å². The predicted molar refractivity (Wildman–Crippen MR) is 99.5 cm³/mol. The topological polar surface area (TPSA) is 62.7 Å². The van der Waals surface area contributed by atoms with Crippen molar-refractivity contribution in [2.45, 2.75) is 6.92 Å². The minimum absolute atomic E-state index is 0.190. The lowest BCUT2D eigenvalue weighted by molar-refractivity contribution is -0.134. The zero-order valence-electron chi connectivity index (χ0n) is 14.5. The molecule has 1 aliphatic heterocycles. The number of halogens is 1. The average Bonchev–Trinajstić information content (AvgIpc) is 2.68. The van der Waals surface area contributed by atoms with Crippen LogP contribution >= 0.6 is 11.6 Å². The van der Waals surface area contributed by atoms with Gasteiger partial charge in [-0.15, -0.1) is 0 Å². The molecule has 0 unspecified atom stereocenters. The van der Waals surface area contributed by atoms with E-state index in [1.165, 1.54) is 6.20 Å². The molecule has 1 aromatic heterocycles. The van der Waals surface area contributed by atoms with Crippen molar-refractivity contribution in [1.29, 1.82) is 0 Å². The molecule has 0 atom stereocenters. The molecule has 2 aromatic rings. The fourth-order valence-electron chi connectivity index (χ4n) is 2.91. The van der Waals surface area contributed by atoms with Gasteiger partial charge in [0.05, 0.1) is 5.56 Å². The molecule has 0 radical (unpaired) electrons. The Morgan fingerprint density at radius 2 is 1.96 bits per heavy atom. The molecular weight excluding hydrogens is 354 g/mol. The second-order valence-electron chi connectivity index (χ2n) is 6.12. The number of ether oxygens (including phenoxy) is 1. The molecule has 26 heavy (non-hydrogen) atoms. The number of nitrogens with zero attached hydrogens (tertiary/aromatic N) is 3. The highest BCUT2D eigenvalue weighted by Crippen LogP contribution is 2.25. The minimum atomic E-state index is -0.542. The lowest BCUT2D eigenvalue weighted by atomic mass is 10.1. The zero-order valence-corrected chi connectivity index (χ0v) is 15.3. The van der Waals surface area contributed by atoms with Crippen LogP contribution in [0.5, 0.6) is 0 Å². The van der Waals surface area contributed by atoms with E-state index in [0.717, 1.165) is 11.3 Å². The molecule has 1 amide bonds. The first-order valence-electron chi connectivity index (χ1n) is 8.40. The van der Waals surface area contributed by atoms with Crippen molar-refractivity contribution in [3.05, 3.63) is 58.9 Å². The van der Waals surface area contributed by atoms with E-state index in [-0.39, 0.29) is 12.5 Å². The number of rotatable bonds is 4. The summed E-state index contributed by atoms with van der Waals surface area (Å²) in [6.07, 6.45) is 2.99. The van der Waals surface area contributed by atoms with Crippen molar-refractivity contribution >= 4 is 29.2 Å². The number of benzene rings is 1. The molecule has 7 heteroatoms. The van der Waals surface area contributed by atoms with Crippen LogP contribution in [0.1, 0.15) is 15.9 Å². The van der Waals surface area contributed by atoms with Crippen molar-refractivity contribution in [3.8, 4) is 0 Å². The fraction of sp³-hybridized carbons (Fsp3) is 0.316. The molecule has 0 bridgehead atoms. The maximum Gasteiger partial charge on any atom is 0.340 e. The van der Waals surface area contributed by atoms with E-state index in [9.17, 15) is 9.59 Å². The summed E-state index contributed by atoms with van der Waals surface area (Å²) in [4.78, 5) is 32.0. The molecule has 2 heterocycles. The number of aryl methyl sites for hydroxylation is 1. The summed E-state index contributed by atoms with van der Waals surface area (Å²) in [6.45, 7) is 4.36. The summed E-state index contributed by atoms with van der Waals surface area (Å²) < 4.78 is 5.09. The largest absolute Gasteiger partial charge is 0.452 e. The van der Waals surface area contributed by atoms with Gasteiger partial charge in [0, 0.05) is 49.3 Å². The fourth-order valence-corrected chi connectivity index (χ4v) is 3.07. The van der Waals surface area contributed by atoms with E-state index >= 15 is 0 Å². The molecule has 1 aromatic carbocycles. The third kappa shape index (κ3) is 4.32. The molecule has 0 aliphatic carbocycles. The number of pyridine rings is 1. The third-order valence-corrected chi connectivity index (χ3v) is 4.60. The van der Waals surface area contributed by atoms with Crippen molar-refractivity contribution in [1.82, 2.24) is 9.88 Å². The summed E-state index contributed by atoms with van der Waals surface area (Å²) >= 11 is 6.09. The Balaban J connectivity index is 1.51. The summed E-state index contributed by atoms with van der Waals surface area (Å²) in [5, 5.41) is 0.700. The van der Waals surface area contributed by atoms with Gasteiger partial charge in [0.2, 0.25) is 0 Å². The van der Waals surface area contributed by atoms with Crippen molar-refractivity contribution < 1.29 is 14.3 Å². The molecule has 1 saturated heterocycles. The lowest BCUT2D eigenvalue weighted by Gasteiger charge is -2.36. The van der Waals surface area contributed by atoms with Crippen LogP contribution in [-0.4, -0.2) is 54.5 Å². The first-order valence-corrected chi connectivity index (χ1v) is 8.78. The Morgan fingerprint density at radius 1 is 1.19 bits per heavy atom. The predicted octanol–water partition coefficient (Wildman–Crippen LogP) is 2.55. The molecule has 0 saturated carbocycles. The zero-order chi connectivity index (χ0) is 18.5. The van der Waals surface area contributed by atoms with Crippen LogP contribution in [0.3, 0.4) is 0 Å². The second-order valence-corrected chi connectivity index (χ2v) is 6.55. The maximum atomic E-state index is 12.3. The average molecular weight is 374 g/mol. The smallest absolute Gasteiger partial charge is 0.340 e. The SMILES string of the molecule is Cc1ccc(Cl)cc1N1CCN(C(=O)COC(=O)c2cccnc2)CC1. The number of carbonyl (C=O) groups is 2. The second kappa shape index (κ2) is 8.19. The highest BCUT2D eigenvalue weighted by molar-refractivity contribution is 6.30. The summed E-state index contributed by atoms with van der Waals surface area (Å²) in [6, 6.07) is 9.06. The Morgan fingerprint density at radius 3 is 2.65 bits per heavy atom. The van der Waals surface area contributed by atoms with Crippen LogP contribution in [0.4, 0.5) is 5.69 Å². The molecule has 0 spiro atoms. The summed E-state index contributed by atoms with van der Waals surface area (Å²) in [7, 11) is 0. The van der Waals surface area contributed by atoms with Gasteiger partial charge in [0.15, 0.2) is 6.61 Å². The number of hydrogen-bond donors (Lipinski definition) is 0. The highest BCUT2D eigenvalue weighted by atomic mass is 35.5. The molecule has 3 rings (SSSR count). The van der Waals surface area contributed by atoms with Crippen molar-refractivity contribution in [2.75, 3.05) is 37.7 Å². The molecular formula is C19H20ClN3O3. The number of piperazine rings is 1. The number of aromatic nitrogens is 1. The summed E-state index contributed by atoms with van der Waals surface area (Å²) in [5.41, 5.74) is 2.58. The Kier molecular flexibility index (Phi) is 5.73. The normalized spacial score (nSPS) is 14.2. The first-order chi connectivity index (χ1) is 12.5. The van der Waals surface area contributed by atoms with Crippen LogP contribution < -0.4 is 4.90 Å². The van der Waals surface area contributed by atoms with Gasteiger partial charge in [-0.25, -0.2) is 4.79 Å². The molecule has 1 fully saturated rings. The van der Waals surface area contributed by atoms with E-state index in [1.54, 1.807) is 23.2 Å². The van der Waals surface area contributed by atoms with Gasteiger partial charge in [0.1, 0.15) is 0 Å². The van der Waals surface area contributed by atoms with Gasteiger partial charge in [-0.3, -0.25) is 9.78 Å². The standard InChI is InChI=1S/C19H20ClN3O3/c1-14-4-5-16(20)11-17(14)22-7-9-23(10-8-22)18(24)13-26-19(25)15-3-2-6-21-12-15/h2-6,11-12H,7-10,13H2,1H3. The van der Waals surface area contributed by atoms with E-state index in [0.29, 0.717) is 36.8 Å². The van der Waals surface area contributed by atoms with Crippen LogP contribution in [0.25, 0.3) is 0 Å². The highest BCUT2D eigenvalue weighted by Gasteiger charge is 2.23. The number of amides is 1. The van der Waals surface area contributed by atoms with Gasteiger partial charge in [0.25, 0.3) is 5.91 Å². The molecule has 0 N–H and O–H groups in total. The van der Waals surface area contributed by atoms with Crippen LogP contribution in [0.2, 0.25) is 5.02 Å². The monoisotopic (exact) mass is 373 g/mol. The quantitative estimate of drug-likeness (QED) is 0.771. The number of anilines is 1. The number of esters is 1. The Bertz CT molecular complexity index is 790. The Labute approximate surface area is 157 Å². The van der Waals surface area contributed by atoms with Gasteiger partial charge in [-0.2, -0.15) is 0 Å². The number of carbonyl (C=O) groups excluding carboxylic acids is 2. The van der Waals surface area contributed by atoms with Crippen LogP contribution in [0.15, 0.2) is 42.7 Å². The molecule has 1 aliphatic rings. The molecule has 136 valence electrons. The summed E-state index contributed by atoms with van der Waals surface area (Å²) in [5.74, 6) is -0.732. The minimum Gasteiger partial charge on any atom is -0.452 e. The first kappa shape index (κ1) is 18.2. The third-order valence-electron chi connectivity index (χ3n) is 4.37. The van der Waals surface area contributed by atoms with Gasteiger partial charge < -0.3 is 14.5 Å². The molecule has 6 nitrogen and oxygen atoms in total. The van der Waals surface area contributed by atoms with E-state index in [4.69, 9.17) is 16.3 Å². The van der Waals surface area contributed by atoms with Crippen LogP contribution in [0, 0.1) is 6.92 Å². The van der Waals surface area contributed by atoms with Crippen molar-refractivity contribution in [3.63, 3.8) is 0 Å².